The van der Waals surface area contributed by atoms with Gasteiger partial charge in [0.15, 0.2) is 11.6 Å². The molecule has 0 aliphatic carbocycles. The standard InChI is InChI=1S/C14H9FN2O3/c15-11-7-8(4-5-12(11)19)13-16-14(20-17-13)9-2-1-3-10(18)6-9/h1-7,18-19H. The van der Waals surface area contributed by atoms with E-state index in [0.29, 0.717) is 11.1 Å². The zero-order chi connectivity index (χ0) is 14.1. The van der Waals surface area contributed by atoms with Crippen LogP contribution in [0, 0.1) is 5.82 Å². The molecule has 0 fully saturated rings. The number of phenols is 2. The van der Waals surface area contributed by atoms with Gasteiger partial charge in [-0.1, -0.05) is 11.2 Å². The van der Waals surface area contributed by atoms with Crippen LogP contribution in [-0.2, 0) is 0 Å². The van der Waals surface area contributed by atoms with Crippen molar-refractivity contribution in [1.29, 1.82) is 0 Å². The van der Waals surface area contributed by atoms with Gasteiger partial charge in [0.25, 0.3) is 5.89 Å². The zero-order valence-electron chi connectivity index (χ0n) is 10.1. The smallest absolute Gasteiger partial charge is 0.258 e. The summed E-state index contributed by atoms with van der Waals surface area (Å²) in [6.07, 6.45) is 0. The Morgan fingerprint density at radius 1 is 1.00 bits per heavy atom. The fourth-order valence-corrected chi connectivity index (χ4v) is 1.74. The summed E-state index contributed by atoms with van der Waals surface area (Å²) in [5, 5.41) is 22.3. The number of nitrogens with zero attached hydrogens (tertiary/aromatic N) is 2. The van der Waals surface area contributed by atoms with E-state index in [2.05, 4.69) is 10.1 Å². The van der Waals surface area contributed by atoms with Gasteiger partial charge in [-0.05, 0) is 36.4 Å². The van der Waals surface area contributed by atoms with Crippen LogP contribution in [0.1, 0.15) is 0 Å². The van der Waals surface area contributed by atoms with Crippen molar-refractivity contribution in [1.82, 2.24) is 10.1 Å². The molecule has 6 heteroatoms. The van der Waals surface area contributed by atoms with Crippen LogP contribution in [0.5, 0.6) is 11.5 Å². The van der Waals surface area contributed by atoms with Crippen LogP contribution in [0.4, 0.5) is 4.39 Å². The molecule has 0 amide bonds. The van der Waals surface area contributed by atoms with Crippen LogP contribution in [0.25, 0.3) is 22.8 Å². The highest BCUT2D eigenvalue weighted by Crippen LogP contribution is 2.26. The fourth-order valence-electron chi connectivity index (χ4n) is 1.74. The molecule has 100 valence electrons. The maximum absolute atomic E-state index is 13.3. The van der Waals surface area contributed by atoms with E-state index in [1.807, 2.05) is 0 Å². The largest absolute Gasteiger partial charge is 0.508 e. The Bertz CT molecular complexity index is 771. The molecule has 1 heterocycles. The van der Waals surface area contributed by atoms with Gasteiger partial charge < -0.3 is 14.7 Å². The summed E-state index contributed by atoms with van der Waals surface area (Å²) in [6.45, 7) is 0. The maximum atomic E-state index is 13.3. The maximum Gasteiger partial charge on any atom is 0.258 e. The molecule has 0 saturated carbocycles. The molecule has 0 radical (unpaired) electrons. The predicted octanol–water partition coefficient (Wildman–Crippen LogP) is 2.95. The lowest BCUT2D eigenvalue weighted by molar-refractivity contribution is 0.429. The van der Waals surface area contributed by atoms with Crippen molar-refractivity contribution in [2.45, 2.75) is 0 Å². The Morgan fingerprint density at radius 3 is 2.60 bits per heavy atom. The highest BCUT2D eigenvalue weighted by Gasteiger charge is 2.12. The number of aromatic nitrogens is 2. The SMILES string of the molecule is Oc1cccc(-c2nc(-c3ccc(O)c(F)c3)no2)c1. The molecular weight excluding hydrogens is 263 g/mol. The molecule has 0 spiro atoms. The molecule has 0 bridgehead atoms. The Balaban J connectivity index is 1.99. The van der Waals surface area contributed by atoms with Crippen molar-refractivity contribution in [3.8, 4) is 34.3 Å². The second-order valence-corrected chi connectivity index (χ2v) is 4.14. The van der Waals surface area contributed by atoms with E-state index in [1.165, 1.54) is 24.3 Å². The molecule has 0 unspecified atom stereocenters. The average molecular weight is 272 g/mol. The number of hydrogen-bond acceptors (Lipinski definition) is 5. The highest BCUT2D eigenvalue weighted by atomic mass is 19.1. The summed E-state index contributed by atoms with van der Waals surface area (Å²) in [6, 6.07) is 10.2. The molecule has 20 heavy (non-hydrogen) atoms. The lowest BCUT2D eigenvalue weighted by Gasteiger charge is -1.97. The molecule has 5 nitrogen and oxygen atoms in total. The van der Waals surface area contributed by atoms with Crippen LogP contribution in [0.15, 0.2) is 47.0 Å². The summed E-state index contributed by atoms with van der Waals surface area (Å²) in [4.78, 5) is 4.13. The molecule has 0 atom stereocenters. The van der Waals surface area contributed by atoms with E-state index < -0.39 is 11.6 Å². The second kappa shape index (κ2) is 4.65. The van der Waals surface area contributed by atoms with Crippen LogP contribution in [0.2, 0.25) is 0 Å². The van der Waals surface area contributed by atoms with Crippen LogP contribution < -0.4 is 0 Å². The Hall–Kier alpha value is -2.89. The van der Waals surface area contributed by atoms with Gasteiger partial charge in [0.2, 0.25) is 5.82 Å². The van der Waals surface area contributed by atoms with E-state index in [-0.39, 0.29) is 17.5 Å². The normalized spacial score (nSPS) is 10.7. The first-order valence-electron chi connectivity index (χ1n) is 5.75. The Labute approximate surface area is 112 Å². The van der Waals surface area contributed by atoms with Gasteiger partial charge in [0, 0.05) is 11.1 Å². The number of hydrogen-bond donors (Lipinski definition) is 2. The monoisotopic (exact) mass is 272 g/mol. The summed E-state index contributed by atoms with van der Waals surface area (Å²) < 4.78 is 18.4. The van der Waals surface area contributed by atoms with Crippen molar-refractivity contribution >= 4 is 0 Å². The highest BCUT2D eigenvalue weighted by molar-refractivity contribution is 5.61. The lowest BCUT2D eigenvalue weighted by atomic mass is 10.2. The number of benzene rings is 2. The molecule has 1 aromatic heterocycles. The minimum absolute atomic E-state index is 0.0814. The molecule has 3 aromatic rings. The summed E-state index contributed by atoms with van der Waals surface area (Å²) in [5.41, 5.74) is 0.943. The van der Waals surface area contributed by atoms with Gasteiger partial charge in [0.05, 0.1) is 0 Å². The number of phenolic OH excluding ortho intramolecular Hbond substituents is 2. The quantitative estimate of drug-likeness (QED) is 0.749. The van der Waals surface area contributed by atoms with Gasteiger partial charge in [-0.15, -0.1) is 0 Å². The molecular formula is C14H9FN2O3. The third-order valence-electron chi connectivity index (χ3n) is 2.73. The van der Waals surface area contributed by atoms with Gasteiger partial charge in [0.1, 0.15) is 5.75 Å². The molecule has 0 aliphatic heterocycles. The van der Waals surface area contributed by atoms with E-state index in [1.54, 1.807) is 12.1 Å². The topological polar surface area (TPSA) is 79.4 Å². The second-order valence-electron chi connectivity index (χ2n) is 4.14. The van der Waals surface area contributed by atoms with E-state index in [0.717, 1.165) is 6.07 Å². The molecule has 2 aromatic carbocycles. The van der Waals surface area contributed by atoms with E-state index in [9.17, 15) is 9.50 Å². The summed E-state index contributed by atoms with van der Waals surface area (Å²) in [5.74, 6) is -0.707. The third-order valence-corrected chi connectivity index (χ3v) is 2.73. The molecule has 0 aliphatic rings. The fraction of sp³-hybridized carbons (Fsp3) is 0. The summed E-state index contributed by atoms with van der Waals surface area (Å²) >= 11 is 0. The van der Waals surface area contributed by atoms with Crippen molar-refractivity contribution in [2.75, 3.05) is 0 Å². The Morgan fingerprint density at radius 2 is 1.85 bits per heavy atom. The van der Waals surface area contributed by atoms with Crippen LogP contribution in [0.3, 0.4) is 0 Å². The van der Waals surface area contributed by atoms with Crippen LogP contribution >= 0.6 is 0 Å². The van der Waals surface area contributed by atoms with Crippen molar-refractivity contribution in [2.24, 2.45) is 0 Å². The van der Waals surface area contributed by atoms with Gasteiger partial charge in [-0.2, -0.15) is 4.98 Å². The van der Waals surface area contributed by atoms with Crippen molar-refractivity contribution in [3.63, 3.8) is 0 Å². The lowest BCUT2D eigenvalue weighted by Crippen LogP contribution is -1.83. The molecule has 0 saturated heterocycles. The van der Waals surface area contributed by atoms with Gasteiger partial charge in [-0.25, -0.2) is 4.39 Å². The van der Waals surface area contributed by atoms with E-state index >= 15 is 0 Å². The zero-order valence-corrected chi connectivity index (χ0v) is 10.1. The third kappa shape index (κ3) is 2.18. The minimum atomic E-state index is -0.758. The average Bonchev–Trinajstić information content (AvgIpc) is 2.92. The predicted molar refractivity (Wildman–Crippen MR) is 68.5 cm³/mol. The number of halogens is 1. The number of aromatic hydroxyl groups is 2. The minimum Gasteiger partial charge on any atom is -0.508 e. The van der Waals surface area contributed by atoms with Gasteiger partial charge in [-0.3, -0.25) is 0 Å². The first kappa shape index (κ1) is 12.2. The van der Waals surface area contributed by atoms with Gasteiger partial charge >= 0.3 is 0 Å². The first-order chi connectivity index (χ1) is 9.63. The van der Waals surface area contributed by atoms with Crippen molar-refractivity contribution < 1.29 is 19.1 Å². The van der Waals surface area contributed by atoms with Crippen molar-refractivity contribution in [3.05, 3.63) is 48.3 Å². The first-order valence-corrected chi connectivity index (χ1v) is 5.75. The molecule has 2 N–H and O–H groups in total. The van der Waals surface area contributed by atoms with E-state index in [4.69, 9.17) is 9.63 Å². The summed E-state index contributed by atoms with van der Waals surface area (Å²) in [7, 11) is 0. The van der Waals surface area contributed by atoms with Crippen LogP contribution in [-0.4, -0.2) is 20.4 Å². The number of rotatable bonds is 2. The molecule has 3 rings (SSSR count). The Kier molecular flexibility index (Phi) is 2.83.